The molecule has 2 nitrogen and oxygen atoms in total. The van der Waals surface area contributed by atoms with Crippen LogP contribution in [0.2, 0.25) is 0 Å². The summed E-state index contributed by atoms with van der Waals surface area (Å²) in [5.74, 6) is -0.177. The van der Waals surface area contributed by atoms with Crippen LogP contribution in [0.15, 0.2) is 12.2 Å². The number of carbonyl (C=O) groups is 1. The van der Waals surface area contributed by atoms with Crippen LogP contribution in [0.3, 0.4) is 0 Å². The quantitative estimate of drug-likeness (QED) is 0.422. The second-order valence-corrected chi connectivity index (χ2v) is 4.13. The zero-order valence-corrected chi connectivity index (χ0v) is 9.83. The summed E-state index contributed by atoms with van der Waals surface area (Å²) in [5.41, 5.74) is 0. The van der Waals surface area contributed by atoms with E-state index in [9.17, 15) is 4.79 Å². The van der Waals surface area contributed by atoms with Gasteiger partial charge >= 0.3 is 5.97 Å². The highest BCUT2D eigenvalue weighted by Crippen LogP contribution is 2.13. The lowest BCUT2D eigenvalue weighted by Gasteiger charge is -2.14. The van der Waals surface area contributed by atoms with Crippen molar-refractivity contribution in [3.63, 3.8) is 0 Å². The minimum absolute atomic E-state index is 0.121. The number of halogens is 1. The second kappa shape index (κ2) is 6.40. The van der Waals surface area contributed by atoms with Crippen molar-refractivity contribution < 1.29 is 9.53 Å². The molecule has 1 atom stereocenters. The van der Waals surface area contributed by atoms with Gasteiger partial charge in [0.2, 0.25) is 0 Å². The third-order valence-corrected chi connectivity index (χ3v) is 3.09. The summed E-state index contributed by atoms with van der Waals surface area (Å²) in [6.07, 6.45) is 9.23. The SMILES string of the molecule is O=C1/C=C\CCCCCC(CI)O1. The van der Waals surface area contributed by atoms with Crippen LogP contribution >= 0.6 is 22.6 Å². The molecule has 0 aromatic heterocycles. The summed E-state index contributed by atoms with van der Waals surface area (Å²) in [5, 5.41) is 0. The number of alkyl halides is 1. The maximum Gasteiger partial charge on any atom is 0.330 e. The first-order valence-corrected chi connectivity index (χ1v) is 6.28. The molecule has 1 aliphatic rings. The second-order valence-electron chi connectivity index (χ2n) is 3.25. The number of allylic oxidation sites excluding steroid dienone is 1. The first-order chi connectivity index (χ1) is 6.33. The molecule has 0 radical (unpaired) electrons. The maximum absolute atomic E-state index is 11.2. The van der Waals surface area contributed by atoms with Crippen LogP contribution in [-0.4, -0.2) is 16.5 Å². The Labute approximate surface area is 92.9 Å². The van der Waals surface area contributed by atoms with Crippen LogP contribution < -0.4 is 0 Å². The van der Waals surface area contributed by atoms with Gasteiger partial charge in [0.1, 0.15) is 6.10 Å². The molecule has 0 saturated heterocycles. The van der Waals surface area contributed by atoms with Gasteiger partial charge in [-0.15, -0.1) is 0 Å². The molecular formula is C10H15IO2. The molecule has 0 N–H and O–H groups in total. The Morgan fingerprint density at radius 1 is 1.46 bits per heavy atom. The standard InChI is InChI=1S/C10H15IO2/c11-8-9-6-4-2-1-3-5-7-10(12)13-9/h5,7,9H,1-4,6,8H2/b7-5-. The van der Waals surface area contributed by atoms with Crippen molar-refractivity contribution in [2.45, 2.75) is 38.2 Å². The van der Waals surface area contributed by atoms with Crippen LogP contribution in [0.1, 0.15) is 32.1 Å². The number of hydrogen-bond acceptors (Lipinski definition) is 2. The van der Waals surface area contributed by atoms with Gasteiger partial charge in [-0.1, -0.05) is 35.1 Å². The Bertz CT molecular complexity index is 189. The molecule has 0 aromatic rings. The molecule has 1 heterocycles. The van der Waals surface area contributed by atoms with Gasteiger partial charge in [-0.05, 0) is 25.7 Å². The summed E-state index contributed by atoms with van der Waals surface area (Å²) in [7, 11) is 0. The number of rotatable bonds is 1. The highest BCUT2D eigenvalue weighted by Gasteiger charge is 2.11. The fraction of sp³-hybridized carbons (Fsp3) is 0.700. The van der Waals surface area contributed by atoms with E-state index < -0.39 is 0 Å². The van der Waals surface area contributed by atoms with E-state index in [1.807, 2.05) is 6.08 Å². The molecule has 0 amide bonds. The van der Waals surface area contributed by atoms with Crippen molar-refractivity contribution in [3.8, 4) is 0 Å². The molecular weight excluding hydrogens is 279 g/mol. The van der Waals surface area contributed by atoms with E-state index in [0.717, 1.165) is 17.3 Å². The Hall–Kier alpha value is -0.0600. The molecule has 0 aromatic carbocycles. The highest BCUT2D eigenvalue weighted by atomic mass is 127. The van der Waals surface area contributed by atoms with Gasteiger partial charge in [0.25, 0.3) is 0 Å². The normalized spacial score (nSPS) is 27.8. The van der Waals surface area contributed by atoms with Crippen molar-refractivity contribution in [2.75, 3.05) is 4.43 Å². The molecule has 0 aliphatic carbocycles. The summed E-state index contributed by atoms with van der Waals surface area (Å²) in [4.78, 5) is 11.2. The van der Waals surface area contributed by atoms with Crippen LogP contribution in [0.5, 0.6) is 0 Å². The van der Waals surface area contributed by atoms with Gasteiger partial charge in [-0.2, -0.15) is 0 Å². The zero-order valence-electron chi connectivity index (χ0n) is 7.67. The number of hydrogen-bond donors (Lipinski definition) is 0. The number of esters is 1. The lowest BCUT2D eigenvalue weighted by atomic mass is 10.1. The molecule has 3 heteroatoms. The Balaban J connectivity index is 2.46. The Kier molecular flexibility index (Phi) is 5.43. The van der Waals surface area contributed by atoms with E-state index in [1.54, 1.807) is 6.08 Å². The molecule has 74 valence electrons. The maximum atomic E-state index is 11.2. The molecule has 0 spiro atoms. The number of cyclic esters (lactones) is 1. The van der Waals surface area contributed by atoms with E-state index in [4.69, 9.17) is 4.74 Å². The summed E-state index contributed by atoms with van der Waals surface area (Å²) >= 11 is 2.27. The van der Waals surface area contributed by atoms with Crippen LogP contribution in [-0.2, 0) is 9.53 Å². The Morgan fingerprint density at radius 2 is 2.31 bits per heavy atom. The molecule has 0 fully saturated rings. The lowest BCUT2D eigenvalue weighted by Crippen LogP contribution is -2.18. The van der Waals surface area contributed by atoms with Gasteiger partial charge in [0, 0.05) is 10.5 Å². The van der Waals surface area contributed by atoms with Gasteiger partial charge in [-0.3, -0.25) is 0 Å². The Morgan fingerprint density at radius 3 is 3.08 bits per heavy atom. The fourth-order valence-electron chi connectivity index (χ4n) is 1.36. The highest BCUT2D eigenvalue weighted by molar-refractivity contribution is 14.1. The van der Waals surface area contributed by atoms with Crippen molar-refractivity contribution in [1.82, 2.24) is 0 Å². The molecule has 1 rings (SSSR count). The van der Waals surface area contributed by atoms with E-state index in [-0.39, 0.29) is 12.1 Å². The largest absolute Gasteiger partial charge is 0.458 e. The van der Waals surface area contributed by atoms with E-state index in [2.05, 4.69) is 22.6 Å². The third kappa shape index (κ3) is 4.64. The number of ether oxygens (including phenoxy) is 1. The minimum atomic E-state index is -0.177. The minimum Gasteiger partial charge on any atom is -0.458 e. The van der Waals surface area contributed by atoms with Crippen molar-refractivity contribution in [2.24, 2.45) is 0 Å². The summed E-state index contributed by atoms with van der Waals surface area (Å²) < 4.78 is 6.14. The van der Waals surface area contributed by atoms with E-state index >= 15 is 0 Å². The van der Waals surface area contributed by atoms with E-state index in [0.29, 0.717) is 0 Å². The molecule has 1 aliphatic heterocycles. The van der Waals surface area contributed by atoms with Crippen LogP contribution in [0.25, 0.3) is 0 Å². The lowest BCUT2D eigenvalue weighted by molar-refractivity contribution is -0.142. The first-order valence-electron chi connectivity index (χ1n) is 4.76. The van der Waals surface area contributed by atoms with Gasteiger partial charge in [0.05, 0.1) is 0 Å². The predicted octanol–water partition coefficient (Wildman–Crippen LogP) is 2.85. The van der Waals surface area contributed by atoms with Crippen molar-refractivity contribution >= 4 is 28.6 Å². The molecule has 13 heavy (non-hydrogen) atoms. The molecule has 0 saturated carbocycles. The van der Waals surface area contributed by atoms with E-state index in [1.165, 1.54) is 19.3 Å². The summed E-state index contributed by atoms with van der Waals surface area (Å²) in [6.45, 7) is 0. The topological polar surface area (TPSA) is 26.3 Å². The van der Waals surface area contributed by atoms with Crippen LogP contribution in [0, 0.1) is 0 Å². The molecule has 1 unspecified atom stereocenters. The average Bonchev–Trinajstić information content (AvgIpc) is 2.15. The fourth-order valence-corrected chi connectivity index (χ4v) is 1.98. The number of carbonyl (C=O) groups excluding carboxylic acids is 1. The monoisotopic (exact) mass is 294 g/mol. The van der Waals surface area contributed by atoms with Crippen LogP contribution in [0.4, 0.5) is 0 Å². The van der Waals surface area contributed by atoms with Gasteiger partial charge < -0.3 is 4.74 Å². The predicted molar refractivity (Wildman–Crippen MR) is 61.0 cm³/mol. The smallest absolute Gasteiger partial charge is 0.330 e. The molecule has 0 bridgehead atoms. The third-order valence-electron chi connectivity index (χ3n) is 2.11. The average molecular weight is 294 g/mol. The van der Waals surface area contributed by atoms with Gasteiger partial charge in [-0.25, -0.2) is 4.79 Å². The zero-order chi connectivity index (χ0) is 9.52. The first kappa shape index (κ1) is 11.0. The summed E-state index contributed by atoms with van der Waals surface area (Å²) in [6, 6.07) is 0. The van der Waals surface area contributed by atoms with Gasteiger partial charge in [0.15, 0.2) is 0 Å². The van der Waals surface area contributed by atoms with Crippen molar-refractivity contribution in [3.05, 3.63) is 12.2 Å². The van der Waals surface area contributed by atoms with Crippen molar-refractivity contribution in [1.29, 1.82) is 0 Å².